The van der Waals surface area contributed by atoms with Crippen LogP contribution in [0.4, 0.5) is 5.82 Å². The van der Waals surface area contributed by atoms with Crippen LogP contribution in [0.2, 0.25) is 5.02 Å². The van der Waals surface area contributed by atoms with Crippen LogP contribution in [-0.4, -0.2) is 28.0 Å². The van der Waals surface area contributed by atoms with Gasteiger partial charge in [-0.05, 0) is 68.5 Å². The van der Waals surface area contributed by atoms with Crippen molar-refractivity contribution in [3.8, 4) is 0 Å². The molecule has 0 amide bonds. The van der Waals surface area contributed by atoms with Gasteiger partial charge in [-0.2, -0.15) is 0 Å². The van der Waals surface area contributed by atoms with Crippen LogP contribution in [0.1, 0.15) is 42.6 Å². The van der Waals surface area contributed by atoms with E-state index in [0.717, 1.165) is 53.0 Å². The second-order valence-electron chi connectivity index (χ2n) is 8.04. The molecule has 1 saturated carbocycles. The molecule has 1 aromatic heterocycles. The van der Waals surface area contributed by atoms with E-state index in [1.54, 1.807) is 0 Å². The maximum absolute atomic E-state index is 5.98. The van der Waals surface area contributed by atoms with Crippen LogP contribution in [-0.2, 0) is 0 Å². The van der Waals surface area contributed by atoms with Crippen LogP contribution in [0.15, 0.2) is 47.5 Å². The fraction of sp³-hybridized carbons (Fsp3) is 0.292. The first kappa shape index (κ1) is 26.7. The minimum atomic E-state index is 0. The Morgan fingerprint density at radius 2 is 1.70 bits per heavy atom. The van der Waals surface area contributed by atoms with Crippen molar-refractivity contribution in [2.45, 2.75) is 44.7 Å². The Kier molecular flexibility index (Phi) is 9.77. The molecule has 1 aliphatic carbocycles. The highest BCUT2D eigenvalue weighted by molar-refractivity contribution is 6.30. The largest absolute Gasteiger partial charge is 0.370 e. The molecule has 33 heavy (non-hydrogen) atoms. The Labute approximate surface area is 211 Å². The zero-order valence-electron chi connectivity index (χ0n) is 18.4. The van der Waals surface area contributed by atoms with Gasteiger partial charge in [0.05, 0.1) is 11.6 Å². The molecule has 0 atom stereocenters. The number of hydrogen-bond donors (Lipinski definition) is 3. The quantitative estimate of drug-likeness (QED) is 0.308. The third kappa shape index (κ3) is 7.22. The topological polar surface area (TPSA) is 102 Å². The molecule has 0 radical (unpaired) electrons. The van der Waals surface area contributed by atoms with E-state index in [-0.39, 0.29) is 36.8 Å². The van der Waals surface area contributed by atoms with E-state index in [4.69, 9.17) is 33.0 Å². The summed E-state index contributed by atoms with van der Waals surface area (Å²) in [6.07, 6.45) is 7.84. The lowest BCUT2D eigenvalue weighted by Gasteiger charge is -2.28. The van der Waals surface area contributed by atoms with Gasteiger partial charge in [0.15, 0.2) is 11.8 Å². The lowest BCUT2D eigenvalue weighted by Crippen LogP contribution is -2.31. The molecule has 0 saturated heterocycles. The average molecular weight is 508 g/mol. The van der Waals surface area contributed by atoms with Crippen molar-refractivity contribution < 1.29 is 0 Å². The van der Waals surface area contributed by atoms with Crippen LogP contribution >= 0.6 is 36.4 Å². The summed E-state index contributed by atoms with van der Waals surface area (Å²) in [6, 6.07) is 14.5. The Balaban J connectivity index is 0.00000193. The molecule has 4 rings (SSSR count). The molecule has 176 valence electrons. The smallest absolute Gasteiger partial charge is 0.186 e. The predicted octanol–water partition coefficient (Wildman–Crippen LogP) is 5.60. The van der Waals surface area contributed by atoms with Gasteiger partial charge >= 0.3 is 0 Å². The van der Waals surface area contributed by atoms with E-state index in [0.29, 0.717) is 11.9 Å². The molecule has 0 bridgehead atoms. The van der Waals surface area contributed by atoms with Crippen LogP contribution in [0.5, 0.6) is 0 Å². The van der Waals surface area contributed by atoms with Gasteiger partial charge in [-0.1, -0.05) is 41.4 Å². The number of benzene rings is 2. The highest BCUT2D eigenvalue weighted by atomic mass is 35.5. The predicted molar refractivity (Wildman–Crippen MR) is 145 cm³/mol. The molecule has 1 heterocycles. The number of rotatable bonds is 5. The first-order chi connectivity index (χ1) is 15.0. The molecule has 9 heteroatoms. The molecule has 0 aliphatic heterocycles. The minimum Gasteiger partial charge on any atom is -0.370 e. The third-order valence-corrected chi connectivity index (χ3v) is 5.78. The first-order valence-corrected chi connectivity index (χ1v) is 10.9. The zero-order chi connectivity index (χ0) is 21.8. The lowest BCUT2D eigenvalue weighted by atomic mass is 9.91. The third-order valence-electron chi connectivity index (χ3n) is 5.53. The van der Waals surface area contributed by atoms with Gasteiger partial charge in [0.2, 0.25) is 0 Å². The lowest BCUT2D eigenvalue weighted by molar-refractivity contribution is 0.412. The van der Waals surface area contributed by atoms with Gasteiger partial charge in [-0.25, -0.2) is 9.97 Å². The van der Waals surface area contributed by atoms with E-state index >= 15 is 0 Å². The van der Waals surface area contributed by atoms with E-state index < -0.39 is 0 Å². The number of fused-ring (bicyclic) bond motifs is 1. The molecule has 3 aromatic rings. The number of aromatic nitrogens is 2. The Bertz CT molecular complexity index is 1120. The summed E-state index contributed by atoms with van der Waals surface area (Å²) in [4.78, 5) is 13.9. The number of halogens is 3. The van der Waals surface area contributed by atoms with Crippen LogP contribution in [0.3, 0.4) is 0 Å². The second-order valence-corrected chi connectivity index (χ2v) is 8.48. The number of nitrogens with two attached hydrogens (primary N) is 2. The van der Waals surface area contributed by atoms with Crippen molar-refractivity contribution in [1.82, 2.24) is 9.97 Å². The molecule has 5 N–H and O–H groups in total. The highest BCUT2D eigenvalue weighted by Crippen LogP contribution is 2.28. The molecular weight excluding hydrogens is 479 g/mol. The van der Waals surface area contributed by atoms with Crippen molar-refractivity contribution in [2.24, 2.45) is 16.5 Å². The zero-order valence-corrected chi connectivity index (χ0v) is 20.8. The number of anilines is 1. The van der Waals surface area contributed by atoms with Gasteiger partial charge in [-0.3, -0.25) is 4.99 Å². The van der Waals surface area contributed by atoms with E-state index in [1.165, 1.54) is 5.56 Å². The fourth-order valence-electron chi connectivity index (χ4n) is 3.94. The number of nitrogens with zero attached hydrogens (tertiary/aromatic N) is 3. The molecular formula is C24H29Cl3N6. The normalized spacial score (nSPS) is 17.8. The summed E-state index contributed by atoms with van der Waals surface area (Å²) in [7, 11) is 0. The molecule has 1 aliphatic rings. The highest BCUT2D eigenvalue weighted by Gasteiger charge is 2.22. The SMILES string of the molecule is Cc1ccc2nc(/C=C/c3ccc(Cl)cc3)nc(NC3CCC(N=C(N)N)CC3)c2c1.Cl.Cl. The second kappa shape index (κ2) is 12.1. The molecule has 1 fully saturated rings. The maximum atomic E-state index is 5.98. The van der Waals surface area contributed by atoms with Crippen molar-refractivity contribution in [3.05, 3.63) is 64.4 Å². The average Bonchev–Trinajstić information content (AvgIpc) is 2.75. The van der Waals surface area contributed by atoms with E-state index in [1.807, 2.05) is 42.5 Å². The van der Waals surface area contributed by atoms with Gasteiger partial charge in [0.1, 0.15) is 5.82 Å². The number of guanidine groups is 1. The van der Waals surface area contributed by atoms with Gasteiger partial charge < -0.3 is 16.8 Å². The van der Waals surface area contributed by atoms with Crippen molar-refractivity contribution in [2.75, 3.05) is 5.32 Å². The maximum Gasteiger partial charge on any atom is 0.186 e. The number of nitrogens with one attached hydrogen (secondary N) is 1. The van der Waals surface area contributed by atoms with Gasteiger partial charge in [-0.15, -0.1) is 24.8 Å². The molecule has 0 unspecified atom stereocenters. The fourth-order valence-corrected chi connectivity index (χ4v) is 4.07. The first-order valence-electron chi connectivity index (χ1n) is 10.5. The molecule has 6 nitrogen and oxygen atoms in total. The van der Waals surface area contributed by atoms with E-state index in [2.05, 4.69) is 29.4 Å². The van der Waals surface area contributed by atoms with Gasteiger partial charge in [0, 0.05) is 16.5 Å². The van der Waals surface area contributed by atoms with Crippen molar-refractivity contribution >= 4 is 71.2 Å². The molecule has 0 spiro atoms. The summed E-state index contributed by atoms with van der Waals surface area (Å²) in [6.45, 7) is 2.08. The van der Waals surface area contributed by atoms with Crippen molar-refractivity contribution in [1.29, 1.82) is 0 Å². The monoisotopic (exact) mass is 506 g/mol. The summed E-state index contributed by atoms with van der Waals surface area (Å²) in [5.74, 6) is 1.71. The summed E-state index contributed by atoms with van der Waals surface area (Å²) >= 11 is 5.98. The minimum absolute atomic E-state index is 0. The van der Waals surface area contributed by atoms with Crippen LogP contribution in [0.25, 0.3) is 23.1 Å². The van der Waals surface area contributed by atoms with Crippen LogP contribution in [0, 0.1) is 6.92 Å². The number of hydrogen-bond acceptors (Lipinski definition) is 4. The van der Waals surface area contributed by atoms with Crippen molar-refractivity contribution in [3.63, 3.8) is 0 Å². The summed E-state index contributed by atoms with van der Waals surface area (Å²) < 4.78 is 0. The Morgan fingerprint density at radius 3 is 2.36 bits per heavy atom. The standard InChI is InChI=1S/C24H27ClN6.2ClH/c1-15-2-12-21-20(14-15)23(28-18-8-10-19(11-9-18)29-24(26)27)31-22(30-21)13-5-16-3-6-17(25)7-4-16;;/h2-7,12-14,18-19H,8-11H2,1H3,(H4,26,27,29)(H,28,30,31);2*1H/b13-5+;;. The van der Waals surface area contributed by atoms with Gasteiger partial charge in [0.25, 0.3) is 0 Å². The Morgan fingerprint density at radius 1 is 1.00 bits per heavy atom. The Hall–Kier alpha value is -2.54. The number of aryl methyl sites for hydroxylation is 1. The van der Waals surface area contributed by atoms with E-state index in [9.17, 15) is 0 Å². The van der Waals surface area contributed by atoms with Crippen LogP contribution < -0.4 is 16.8 Å². The molecule has 2 aromatic carbocycles. The number of aliphatic imine (C=N–C) groups is 1. The summed E-state index contributed by atoms with van der Waals surface area (Å²) in [5.41, 5.74) is 14.2. The summed E-state index contributed by atoms with van der Waals surface area (Å²) in [5, 5.41) is 5.41.